The van der Waals surface area contributed by atoms with Gasteiger partial charge in [-0.05, 0) is 6.07 Å². The second kappa shape index (κ2) is 4.66. The minimum atomic E-state index is -2.73. The lowest BCUT2D eigenvalue weighted by Gasteiger charge is -2.09. The van der Waals surface area contributed by atoms with Gasteiger partial charge < -0.3 is 10.5 Å². The zero-order valence-electron chi connectivity index (χ0n) is 8.00. The van der Waals surface area contributed by atoms with E-state index in [2.05, 4.69) is 4.98 Å². The molecule has 0 bridgehead atoms. The van der Waals surface area contributed by atoms with E-state index in [-0.39, 0.29) is 23.6 Å². The van der Waals surface area contributed by atoms with Crippen molar-refractivity contribution in [1.82, 2.24) is 4.98 Å². The van der Waals surface area contributed by atoms with Crippen molar-refractivity contribution in [3.05, 3.63) is 23.0 Å². The second-order valence-corrected chi connectivity index (χ2v) is 2.69. The molecule has 0 aliphatic rings. The third-order valence-electron chi connectivity index (χ3n) is 1.80. The van der Waals surface area contributed by atoms with E-state index in [0.717, 1.165) is 6.07 Å². The topological polar surface area (TPSA) is 71.9 Å². The molecular weight excluding hydrogens is 204 g/mol. The first-order chi connectivity index (χ1) is 7.13. The number of aromatic nitrogens is 1. The van der Waals surface area contributed by atoms with Crippen LogP contribution >= 0.6 is 0 Å². The first-order valence-corrected chi connectivity index (χ1v) is 4.10. The molecule has 1 aromatic rings. The molecule has 0 amide bonds. The summed E-state index contributed by atoms with van der Waals surface area (Å²) in [5.41, 5.74) is 5.03. The van der Waals surface area contributed by atoms with Crippen molar-refractivity contribution in [2.24, 2.45) is 5.73 Å². The van der Waals surface area contributed by atoms with Crippen LogP contribution in [0.15, 0.2) is 6.07 Å². The predicted octanol–water partition coefficient (Wildman–Crippen LogP) is 1.36. The number of nitrogens with two attached hydrogens (primary N) is 1. The quantitative estimate of drug-likeness (QED) is 0.822. The molecule has 0 radical (unpaired) electrons. The number of nitrogens with zero attached hydrogens (tertiary/aromatic N) is 2. The van der Waals surface area contributed by atoms with E-state index in [1.807, 2.05) is 0 Å². The van der Waals surface area contributed by atoms with Crippen LogP contribution < -0.4 is 10.5 Å². The molecular formula is C9H9F2N3O. The largest absolute Gasteiger partial charge is 0.493 e. The van der Waals surface area contributed by atoms with E-state index in [0.29, 0.717) is 0 Å². The van der Waals surface area contributed by atoms with Gasteiger partial charge in [-0.2, -0.15) is 5.26 Å². The van der Waals surface area contributed by atoms with E-state index >= 15 is 0 Å². The van der Waals surface area contributed by atoms with Crippen molar-refractivity contribution in [3.63, 3.8) is 0 Å². The molecule has 4 nitrogen and oxygen atoms in total. The number of hydrogen-bond acceptors (Lipinski definition) is 4. The standard InChI is InChI=1S/C9H9F2N3O/c1-15-8-5(3-12)2-6(9(10)11)14-7(8)4-13/h2,9H,4,13H2,1H3. The minimum Gasteiger partial charge on any atom is -0.493 e. The molecule has 2 N–H and O–H groups in total. The van der Waals surface area contributed by atoms with Crippen LogP contribution in [0.3, 0.4) is 0 Å². The van der Waals surface area contributed by atoms with Gasteiger partial charge >= 0.3 is 0 Å². The monoisotopic (exact) mass is 213 g/mol. The summed E-state index contributed by atoms with van der Waals surface area (Å²) >= 11 is 0. The van der Waals surface area contributed by atoms with E-state index in [9.17, 15) is 8.78 Å². The average molecular weight is 213 g/mol. The number of nitriles is 1. The van der Waals surface area contributed by atoms with E-state index in [4.69, 9.17) is 15.7 Å². The lowest BCUT2D eigenvalue weighted by molar-refractivity contribution is 0.145. The van der Waals surface area contributed by atoms with Gasteiger partial charge in [-0.25, -0.2) is 13.8 Å². The molecule has 0 spiro atoms. The Kier molecular flexibility index (Phi) is 3.52. The fourth-order valence-electron chi connectivity index (χ4n) is 1.17. The van der Waals surface area contributed by atoms with Crippen molar-refractivity contribution in [3.8, 4) is 11.8 Å². The number of rotatable bonds is 3. The highest BCUT2D eigenvalue weighted by atomic mass is 19.3. The predicted molar refractivity (Wildman–Crippen MR) is 48.4 cm³/mol. The molecule has 0 fully saturated rings. The Morgan fingerprint density at radius 1 is 1.67 bits per heavy atom. The first-order valence-electron chi connectivity index (χ1n) is 4.10. The van der Waals surface area contributed by atoms with Gasteiger partial charge in [0.25, 0.3) is 6.43 Å². The molecule has 0 atom stereocenters. The maximum absolute atomic E-state index is 12.4. The van der Waals surface area contributed by atoms with Crippen LogP contribution in [-0.4, -0.2) is 12.1 Å². The minimum absolute atomic E-state index is 0.0169. The number of hydrogen-bond donors (Lipinski definition) is 1. The summed E-state index contributed by atoms with van der Waals surface area (Å²) in [6.45, 7) is -0.0571. The Bertz CT molecular complexity index is 401. The Morgan fingerprint density at radius 3 is 2.73 bits per heavy atom. The highest BCUT2D eigenvalue weighted by Gasteiger charge is 2.17. The van der Waals surface area contributed by atoms with Gasteiger partial charge in [-0.1, -0.05) is 0 Å². The molecule has 6 heteroatoms. The number of pyridine rings is 1. The molecule has 0 aliphatic heterocycles. The molecule has 0 saturated carbocycles. The Balaban J connectivity index is 3.37. The van der Waals surface area contributed by atoms with Crippen molar-refractivity contribution >= 4 is 0 Å². The van der Waals surface area contributed by atoms with Crippen molar-refractivity contribution in [2.75, 3.05) is 7.11 Å². The van der Waals surface area contributed by atoms with Gasteiger partial charge in [-0.15, -0.1) is 0 Å². The molecule has 0 unspecified atom stereocenters. The third-order valence-corrected chi connectivity index (χ3v) is 1.80. The Labute approximate surface area is 85.3 Å². The second-order valence-electron chi connectivity index (χ2n) is 2.69. The van der Waals surface area contributed by atoms with Gasteiger partial charge in [0.1, 0.15) is 11.8 Å². The van der Waals surface area contributed by atoms with Crippen LogP contribution in [0.5, 0.6) is 5.75 Å². The summed E-state index contributed by atoms with van der Waals surface area (Å²) in [5, 5.41) is 8.73. The van der Waals surface area contributed by atoms with Crippen LogP contribution in [-0.2, 0) is 6.54 Å². The van der Waals surface area contributed by atoms with Gasteiger partial charge in [0.05, 0.1) is 18.4 Å². The summed E-state index contributed by atoms with van der Waals surface area (Å²) in [7, 11) is 1.33. The summed E-state index contributed by atoms with van der Waals surface area (Å²) < 4.78 is 29.6. The lowest BCUT2D eigenvalue weighted by atomic mass is 10.1. The summed E-state index contributed by atoms with van der Waals surface area (Å²) in [6.07, 6.45) is -2.73. The highest BCUT2D eigenvalue weighted by Crippen LogP contribution is 2.26. The summed E-state index contributed by atoms with van der Waals surface area (Å²) in [4.78, 5) is 3.62. The van der Waals surface area contributed by atoms with E-state index < -0.39 is 12.1 Å². The maximum atomic E-state index is 12.4. The maximum Gasteiger partial charge on any atom is 0.280 e. The number of alkyl halides is 2. The fourth-order valence-corrected chi connectivity index (χ4v) is 1.17. The molecule has 1 aromatic heterocycles. The zero-order chi connectivity index (χ0) is 11.4. The normalized spacial score (nSPS) is 10.1. The van der Waals surface area contributed by atoms with Crippen molar-refractivity contribution < 1.29 is 13.5 Å². The molecule has 1 rings (SSSR count). The SMILES string of the molecule is COc1c(C#N)cc(C(F)F)nc1CN. The fraction of sp³-hybridized carbons (Fsp3) is 0.333. The Hall–Kier alpha value is -1.74. The third kappa shape index (κ3) is 2.19. The van der Waals surface area contributed by atoms with Gasteiger partial charge in [0.15, 0.2) is 5.75 Å². The molecule has 0 aromatic carbocycles. The lowest BCUT2D eigenvalue weighted by Crippen LogP contribution is -2.07. The summed E-state index contributed by atoms with van der Waals surface area (Å²) in [5.74, 6) is 0.157. The molecule has 1 heterocycles. The number of ether oxygens (including phenoxy) is 1. The number of methoxy groups -OCH3 is 1. The van der Waals surface area contributed by atoms with Gasteiger partial charge in [0.2, 0.25) is 0 Å². The van der Waals surface area contributed by atoms with Crippen LogP contribution in [0, 0.1) is 11.3 Å². The molecule has 15 heavy (non-hydrogen) atoms. The summed E-state index contributed by atoms with van der Waals surface area (Å²) in [6, 6.07) is 2.77. The zero-order valence-corrected chi connectivity index (χ0v) is 8.00. The van der Waals surface area contributed by atoms with Gasteiger partial charge in [-0.3, -0.25) is 0 Å². The number of halogens is 2. The molecule has 80 valence electrons. The molecule has 0 aliphatic carbocycles. The van der Waals surface area contributed by atoms with E-state index in [1.54, 1.807) is 6.07 Å². The Morgan fingerprint density at radius 2 is 2.33 bits per heavy atom. The van der Waals surface area contributed by atoms with Crippen molar-refractivity contribution in [1.29, 1.82) is 5.26 Å². The van der Waals surface area contributed by atoms with Crippen LogP contribution in [0.1, 0.15) is 23.4 Å². The molecule has 0 saturated heterocycles. The van der Waals surface area contributed by atoms with E-state index in [1.165, 1.54) is 7.11 Å². The van der Waals surface area contributed by atoms with Crippen LogP contribution in [0.25, 0.3) is 0 Å². The van der Waals surface area contributed by atoms with Crippen molar-refractivity contribution in [2.45, 2.75) is 13.0 Å². The van der Waals surface area contributed by atoms with Crippen LogP contribution in [0.4, 0.5) is 8.78 Å². The highest BCUT2D eigenvalue weighted by molar-refractivity contribution is 5.47. The smallest absolute Gasteiger partial charge is 0.280 e. The first kappa shape index (κ1) is 11.3. The van der Waals surface area contributed by atoms with Crippen LogP contribution in [0.2, 0.25) is 0 Å². The average Bonchev–Trinajstić information content (AvgIpc) is 2.26. The van der Waals surface area contributed by atoms with Gasteiger partial charge in [0, 0.05) is 6.54 Å².